The molecule has 2 unspecified atom stereocenters. The lowest BCUT2D eigenvalue weighted by Gasteiger charge is -2.30. The van der Waals surface area contributed by atoms with Gasteiger partial charge in [0.05, 0.1) is 6.42 Å². The number of fused-ring (bicyclic) bond motifs is 1. The Morgan fingerprint density at radius 2 is 1.81 bits per heavy atom. The fraction of sp³-hybridized carbons (Fsp3) is 0.455. The van der Waals surface area contributed by atoms with Crippen molar-refractivity contribution in [3.8, 4) is 0 Å². The van der Waals surface area contributed by atoms with E-state index in [2.05, 4.69) is 17.6 Å². The molecule has 2 amide bonds. The SMILES string of the molecule is CC1CCCCC1NC(=O)[C@H](C)NC(=O)Cc1cccc2ccccc12. The molecule has 3 atom stereocenters. The molecule has 1 aliphatic carbocycles. The van der Waals surface area contributed by atoms with Crippen LogP contribution in [-0.4, -0.2) is 23.9 Å². The Morgan fingerprint density at radius 3 is 2.62 bits per heavy atom. The Kier molecular flexibility index (Phi) is 5.92. The first kappa shape index (κ1) is 18.4. The zero-order valence-electron chi connectivity index (χ0n) is 15.6. The molecule has 0 radical (unpaired) electrons. The van der Waals surface area contributed by atoms with Gasteiger partial charge in [-0.1, -0.05) is 62.2 Å². The lowest BCUT2D eigenvalue weighted by atomic mass is 9.86. The quantitative estimate of drug-likeness (QED) is 0.864. The zero-order valence-corrected chi connectivity index (χ0v) is 15.6. The first-order chi connectivity index (χ1) is 12.5. The van der Waals surface area contributed by atoms with Crippen molar-refractivity contribution >= 4 is 22.6 Å². The van der Waals surface area contributed by atoms with Crippen molar-refractivity contribution in [3.05, 3.63) is 48.0 Å². The number of carbonyl (C=O) groups is 2. The van der Waals surface area contributed by atoms with Crippen LogP contribution in [0.25, 0.3) is 10.8 Å². The van der Waals surface area contributed by atoms with Gasteiger partial charge in [0.25, 0.3) is 0 Å². The third-order valence-corrected chi connectivity index (χ3v) is 5.44. The molecule has 26 heavy (non-hydrogen) atoms. The minimum absolute atomic E-state index is 0.0879. The molecule has 4 nitrogen and oxygen atoms in total. The highest BCUT2D eigenvalue weighted by atomic mass is 16.2. The fourth-order valence-electron chi connectivity index (χ4n) is 3.82. The molecule has 0 bridgehead atoms. The summed E-state index contributed by atoms with van der Waals surface area (Å²) in [5.74, 6) is 0.294. The molecule has 0 aromatic heterocycles. The van der Waals surface area contributed by atoms with Crippen molar-refractivity contribution in [1.29, 1.82) is 0 Å². The van der Waals surface area contributed by atoms with Crippen molar-refractivity contribution in [1.82, 2.24) is 10.6 Å². The van der Waals surface area contributed by atoms with Crippen molar-refractivity contribution in [2.75, 3.05) is 0 Å². The smallest absolute Gasteiger partial charge is 0.242 e. The fourth-order valence-corrected chi connectivity index (χ4v) is 3.82. The van der Waals surface area contributed by atoms with Crippen molar-refractivity contribution in [2.24, 2.45) is 5.92 Å². The topological polar surface area (TPSA) is 58.2 Å². The lowest BCUT2D eigenvalue weighted by molar-refractivity contribution is -0.129. The van der Waals surface area contributed by atoms with Crippen LogP contribution >= 0.6 is 0 Å². The summed E-state index contributed by atoms with van der Waals surface area (Å²) < 4.78 is 0. The second-order valence-electron chi connectivity index (χ2n) is 7.48. The summed E-state index contributed by atoms with van der Waals surface area (Å²) in [6.45, 7) is 3.94. The first-order valence-electron chi connectivity index (χ1n) is 9.61. The molecule has 1 saturated carbocycles. The maximum absolute atomic E-state index is 12.4. The molecule has 0 heterocycles. The van der Waals surface area contributed by atoms with E-state index in [1.54, 1.807) is 6.92 Å². The predicted octanol–water partition coefficient (Wildman–Crippen LogP) is 3.58. The van der Waals surface area contributed by atoms with Gasteiger partial charge >= 0.3 is 0 Å². The van der Waals surface area contributed by atoms with Crippen LogP contribution < -0.4 is 10.6 Å². The lowest BCUT2D eigenvalue weighted by Crippen LogP contribution is -2.50. The van der Waals surface area contributed by atoms with E-state index in [1.807, 2.05) is 42.5 Å². The molecule has 3 rings (SSSR count). The number of benzene rings is 2. The van der Waals surface area contributed by atoms with E-state index in [0.717, 1.165) is 35.6 Å². The minimum atomic E-state index is -0.522. The molecule has 0 saturated heterocycles. The van der Waals surface area contributed by atoms with Gasteiger partial charge in [-0.05, 0) is 42.0 Å². The van der Waals surface area contributed by atoms with Crippen LogP contribution in [0.1, 0.15) is 45.1 Å². The summed E-state index contributed by atoms with van der Waals surface area (Å²) in [4.78, 5) is 24.9. The Morgan fingerprint density at radius 1 is 1.08 bits per heavy atom. The van der Waals surface area contributed by atoms with E-state index in [-0.39, 0.29) is 24.3 Å². The van der Waals surface area contributed by atoms with Crippen molar-refractivity contribution in [2.45, 2.75) is 58.0 Å². The van der Waals surface area contributed by atoms with Crippen molar-refractivity contribution < 1.29 is 9.59 Å². The van der Waals surface area contributed by atoms with Crippen LogP contribution in [0.2, 0.25) is 0 Å². The highest BCUT2D eigenvalue weighted by molar-refractivity contribution is 5.92. The molecule has 1 aliphatic rings. The summed E-state index contributed by atoms with van der Waals surface area (Å²) in [6, 6.07) is 13.7. The van der Waals surface area contributed by atoms with E-state index >= 15 is 0 Å². The Labute approximate surface area is 155 Å². The summed E-state index contributed by atoms with van der Waals surface area (Å²) in [6.07, 6.45) is 4.87. The third kappa shape index (κ3) is 4.43. The molecule has 1 fully saturated rings. The molecule has 4 heteroatoms. The van der Waals surface area contributed by atoms with Gasteiger partial charge in [-0.3, -0.25) is 9.59 Å². The summed E-state index contributed by atoms with van der Waals surface area (Å²) >= 11 is 0. The van der Waals surface area contributed by atoms with Gasteiger partial charge in [0, 0.05) is 6.04 Å². The van der Waals surface area contributed by atoms with E-state index in [4.69, 9.17) is 0 Å². The maximum Gasteiger partial charge on any atom is 0.242 e. The zero-order chi connectivity index (χ0) is 18.5. The molecule has 0 aliphatic heterocycles. The molecule has 138 valence electrons. The van der Waals surface area contributed by atoms with Crippen LogP contribution in [0.5, 0.6) is 0 Å². The Hall–Kier alpha value is -2.36. The van der Waals surface area contributed by atoms with Crippen LogP contribution in [0.15, 0.2) is 42.5 Å². The average molecular weight is 352 g/mol. The molecular weight excluding hydrogens is 324 g/mol. The summed E-state index contributed by atoms with van der Waals surface area (Å²) in [5.41, 5.74) is 0.981. The van der Waals surface area contributed by atoms with Gasteiger partial charge in [-0.15, -0.1) is 0 Å². The van der Waals surface area contributed by atoms with E-state index in [0.29, 0.717) is 5.92 Å². The van der Waals surface area contributed by atoms with Gasteiger partial charge in [0.15, 0.2) is 0 Å². The molecular formula is C22H28N2O2. The highest BCUT2D eigenvalue weighted by Gasteiger charge is 2.25. The second kappa shape index (κ2) is 8.35. The number of rotatable bonds is 5. The second-order valence-corrected chi connectivity index (χ2v) is 7.48. The molecule has 0 spiro atoms. The number of hydrogen-bond donors (Lipinski definition) is 2. The molecule has 2 aromatic carbocycles. The normalized spacial score (nSPS) is 21.2. The monoisotopic (exact) mass is 352 g/mol. The Balaban J connectivity index is 1.57. The number of amides is 2. The summed E-state index contributed by atoms with van der Waals surface area (Å²) in [5, 5.41) is 8.16. The third-order valence-electron chi connectivity index (χ3n) is 5.44. The largest absolute Gasteiger partial charge is 0.351 e. The van der Waals surface area contributed by atoms with Crippen molar-refractivity contribution in [3.63, 3.8) is 0 Å². The highest BCUT2D eigenvalue weighted by Crippen LogP contribution is 2.23. The number of hydrogen-bond acceptors (Lipinski definition) is 2. The summed E-state index contributed by atoms with van der Waals surface area (Å²) in [7, 11) is 0. The van der Waals surface area contributed by atoms with Gasteiger partial charge in [-0.2, -0.15) is 0 Å². The molecule has 2 N–H and O–H groups in total. The van der Waals surface area contributed by atoms with E-state index < -0.39 is 6.04 Å². The van der Waals surface area contributed by atoms with E-state index in [1.165, 1.54) is 6.42 Å². The number of nitrogens with one attached hydrogen (secondary N) is 2. The number of carbonyl (C=O) groups excluding carboxylic acids is 2. The van der Waals surface area contributed by atoms with Gasteiger partial charge in [-0.25, -0.2) is 0 Å². The van der Waals surface area contributed by atoms with Gasteiger partial charge in [0.2, 0.25) is 11.8 Å². The minimum Gasteiger partial charge on any atom is -0.351 e. The van der Waals surface area contributed by atoms with Crippen LogP contribution in [0.4, 0.5) is 0 Å². The van der Waals surface area contributed by atoms with Gasteiger partial charge in [0.1, 0.15) is 6.04 Å². The standard InChI is InChI=1S/C22H28N2O2/c1-15-8-3-6-13-20(15)24-22(26)16(2)23-21(25)14-18-11-7-10-17-9-4-5-12-19(17)18/h4-5,7,9-12,15-16,20H,3,6,8,13-14H2,1-2H3,(H,23,25)(H,24,26)/t15?,16-,20?/m0/s1. The van der Waals surface area contributed by atoms with E-state index in [9.17, 15) is 9.59 Å². The predicted molar refractivity (Wildman–Crippen MR) is 105 cm³/mol. The average Bonchev–Trinajstić information content (AvgIpc) is 2.64. The van der Waals surface area contributed by atoms with Crippen LogP contribution in [0, 0.1) is 5.92 Å². The molecule has 2 aromatic rings. The van der Waals surface area contributed by atoms with Crippen LogP contribution in [0.3, 0.4) is 0 Å². The maximum atomic E-state index is 12.4. The first-order valence-corrected chi connectivity index (χ1v) is 9.61. The van der Waals surface area contributed by atoms with Gasteiger partial charge < -0.3 is 10.6 Å². The Bertz CT molecular complexity index is 781. The van der Waals surface area contributed by atoms with Crippen LogP contribution in [-0.2, 0) is 16.0 Å².